The zero-order valence-electron chi connectivity index (χ0n) is 13.8. The Morgan fingerprint density at radius 3 is 2.71 bits per heavy atom. The Kier molecular flexibility index (Phi) is 4.57. The predicted molar refractivity (Wildman–Crippen MR) is 97.6 cm³/mol. The third-order valence-corrected chi connectivity index (χ3v) is 4.24. The van der Waals surface area contributed by atoms with Crippen LogP contribution in [-0.2, 0) is 4.79 Å². The lowest BCUT2D eigenvalue weighted by atomic mass is 10.1. The van der Waals surface area contributed by atoms with E-state index < -0.39 is 0 Å². The lowest BCUT2D eigenvalue weighted by molar-refractivity contribution is -0.111. The van der Waals surface area contributed by atoms with E-state index in [0.717, 1.165) is 22.1 Å². The van der Waals surface area contributed by atoms with Gasteiger partial charge in [-0.1, -0.05) is 35.9 Å². The van der Waals surface area contributed by atoms with Gasteiger partial charge in [-0.2, -0.15) is 9.78 Å². The summed E-state index contributed by atoms with van der Waals surface area (Å²) < 4.78 is 1.67. The number of aromatic nitrogens is 3. The van der Waals surface area contributed by atoms with E-state index in [1.165, 1.54) is 23.0 Å². The summed E-state index contributed by atoms with van der Waals surface area (Å²) in [7, 11) is 0. The second-order valence-electron chi connectivity index (χ2n) is 5.45. The first-order chi connectivity index (χ1) is 11.6. The maximum Gasteiger partial charge on any atom is 0.249 e. The summed E-state index contributed by atoms with van der Waals surface area (Å²) in [5.74, 6) is 0.425. The molecule has 0 unspecified atom stereocenters. The van der Waals surface area contributed by atoms with Gasteiger partial charge in [0.25, 0.3) is 0 Å². The number of carbonyl (C=O) groups is 1. The number of anilines is 1. The molecule has 122 valence electrons. The van der Waals surface area contributed by atoms with Crippen LogP contribution in [0.3, 0.4) is 0 Å². The molecule has 0 spiro atoms. The standard InChI is InChI=1S/C18H18N4OS/c1-4-5-17(23)20-16-10-13(3)21-22(16)18-19-15(11-24-18)14-8-6-12(2)7-9-14/h4-11H,1-3H3,(H,20,23)/b5-4-. The topological polar surface area (TPSA) is 59.8 Å². The largest absolute Gasteiger partial charge is 0.307 e. The molecule has 2 aromatic heterocycles. The van der Waals surface area contributed by atoms with Gasteiger partial charge in [-0.05, 0) is 26.8 Å². The van der Waals surface area contributed by atoms with Crippen molar-refractivity contribution >= 4 is 23.1 Å². The number of amides is 1. The number of carbonyl (C=O) groups excluding carboxylic acids is 1. The van der Waals surface area contributed by atoms with Gasteiger partial charge in [-0.3, -0.25) is 4.79 Å². The molecule has 2 heterocycles. The van der Waals surface area contributed by atoms with Gasteiger partial charge in [0.15, 0.2) is 0 Å². The summed E-state index contributed by atoms with van der Waals surface area (Å²) in [6.07, 6.45) is 3.17. The zero-order chi connectivity index (χ0) is 17.1. The Labute approximate surface area is 144 Å². The van der Waals surface area contributed by atoms with Crippen LogP contribution in [-0.4, -0.2) is 20.7 Å². The molecule has 1 amide bonds. The van der Waals surface area contributed by atoms with E-state index >= 15 is 0 Å². The van der Waals surface area contributed by atoms with Gasteiger partial charge in [0.2, 0.25) is 11.0 Å². The van der Waals surface area contributed by atoms with Gasteiger partial charge in [-0.15, -0.1) is 11.3 Å². The average Bonchev–Trinajstić information content (AvgIpc) is 3.15. The Bertz CT molecular complexity index is 890. The van der Waals surface area contributed by atoms with Crippen LogP contribution in [0.4, 0.5) is 5.82 Å². The van der Waals surface area contributed by atoms with Crippen LogP contribution in [0.15, 0.2) is 47.9 Å². The van der Waals surface area contributed by atoms with Gasteiger partial charge in [-0.25, -0.2) is 4.98 Å². The van der Waals surface area contributed by atoms with Crippen LogP contribution < -0.4 is 5.32 Å². The van der Waals surface area contributed by atoms with Crippen LogP contribution >= 0.6 is 11.3 Å². The SMILES string of the molecule is C/C=C\C(=O)Nc1cc(C)nn1-c1nc(-c2ccc(C)cc2)cs1. The Hall–Kier alpha value is -2.73. The number of rotatable bonds is 4. The van der Waals surface area contributed by atoms with Crippen molar-refractivity contribution < 1.29 is 4.79 Å². The van der Waals surface area contributed by atoms with Gasteiger partial charge < -0.3 is 5.32 Å². The van der Waals surface area contributed by atoms with Crippen molar-refractivity contribution in [3.8, 4) is 16.4 Å². The van der Waals surface area contributed by atoms with E-state index in [4.69, 9.17) is 0 Å². The molecule has 3 aromatic rings. The highest BCUT2D eigenvalue weighted by atomic mass is 32.1. The molecule has 1 aromatic carbocycles. The average molecular weight is 338 g/mol. The molecule has 0 radical (unpaired) electrons. The first kappa shape index (κ1) is 16.1. The Morgan fingerprint density at radius 2 is 2.00 bits per heavy atom. The number of hydrogen-bond donors (Lipinski definition) is 1. The van der Waals surface area contributed by atoms with Crippen molar-refractivity contribution in [3.05, 3.63) is 59.1 Å². The number of allylic oxidation sites excluding steroid dienone is 1. The smallest absolute Gasteiger partial charge is 0.249 e. The van der Waals surface area contributed by atoms with Crippen molar-refractivity contribution in [1.29, 1.82) is 0 Å². The fourth-order valence-electron chi connectivity index (χ4n) is 2.27. The molecule has 0 saturated heterocycles. The van der Waals surface area contributed by atoms with E-state index in [1.807, 2.05) is 18.4 Å². The molecule has 6 heteroatoms. The van der Waals surface area contributed by atoms with Gasteiger partial charge >= 0.3 is 0 Å². The maximum absolute atomic E-state index is 11.8. The van der Waals surface area contributed by atoms with Crippen molar-refractivity contribution in [2.24, 2.45) is 0 Å². The van der Waals surface area contributed by atoms with E-state index in [9.17, 15) is 4.79 Å². The van der Waals surface area contributed by atoms with E-state index in [0.29, 0.717) is 5.82 Å². The third-order valence-electron chi connectivity index (χ3n) is 3.42. The van der Waals surface area contributed by atoms with Crippen LogP contribution in [0.2, 0.25) is 0 Å². The summed E-state index contributed by atoms with van der Waals surface area (Å²) in [5.41, 5.74) is 3.99. The summed E-state index contributed by atoms with van der Waals surface area (Å²) in [5, 5.41) is 9.98. The lowest BCUT2D eigenvalue weighted by Gasteiger charge is -2.04. The minimum Gasteiger partial charge on any atom is -0.307 e. The number of benzene rings is 1. The van der Waals surface area contributed by atoms with E-state index in [-0.39, 0.29) is 5.91 Å². The Morgan fingerprint density at radius 1 is 1.25 bits per heavy atom. The highest BCUT2D eigenvalue weighted by Crippen LogP contribution is 2.26. The molecular weight excluding hydrogens is 320 g/mol. The van der Waals surface area contributed by atoms with Gasteiger partial charge in [0.05, 0.1) is 11.4 Å². The highest BCUT2D eigenvalue weighted by molar-refractivity contribution is 7.12. The second-order valence-corrected chi connectivity index (χ2v) is 6.29. The van der Waals surface area contributed by atoms with Crippen molar-refractivity contribution in [3.63, 3.8) is 0 Å². The number of nitrogens with one attached hydrogen (secondary N) is 1. The van der Waals surface area contributed by atoms with Crippen LogP contribution in [0.25, 0.3) is 16.4 Å². The normalized spacial score (nSPS) is 11.1. The molecule has 0 bridgehead atoms. The zero-order valence-corrected chi connectivity index (χ0v) is 14.6. The third kappa shape index (κ3) is 3.44. The molecule has 3 rings (SSSR count). The highest BCUT2D eigenvalue weighted by Gasteiger charge is 2.13. The van der Waals surface area contributed by atoms with Gasteiger partial charge in [0.1, 0.15) is 5.82 Å². The molecule has 5 nitrogen and oxygen atoms in total. The predicted octanol–water partition coefficient (Wildman–Crippen LogP) is 4.13. The molecular formula is C18H18N4OS. The lowest BCUT2D eigenvalue weighted by Crippen LogP contribution is -2.12. The minimum absolute atomic E-state index is 0.186. The molecule has 1 N–H and O–H groups in total. The van der Waals surface area contributed by atoms with Crippen LogP contribution in [0.5, 0.6) is 0 Å². The fraction of sp³-hybridized carbons (Fsp3) is 0.167. The fourth-order valence-corrected chi connectivity index (χ4v) is 3.07. The van der Waals surface area contributed by atoms with Crippen molar-refractivity contribution in [1.82, 2.24) is 14.8 Å². The van der Waals surface area contributed by atoms with E-state index in [2.05, 4.69) is 46.6 Å². The van der Waals surface area contributed by atoms with E-state index in [1.54, 1.807) is 17.7 Å². The monoisotopic (exact) mass is 338 g/mol. The number of nitrogens with zero attached hydrogens (tertiary/aromatic N) is 3. The molecule has 0 saturated carbocycles. The molecule has 0 aliphatic heterocycles. The second kappa shape index (κ2) is 6.80. The summed E-state index contributed by atoms with van der Waals surface area (Å²) in [6.45, 7) is 5.75. The molecule has 0 atom stereocenters. The summed E-state index contributed by atoms with van der Waals surface area (Å²) in [6, 6.07) is 10.1. The quantitative estimate of drug-likeness (QED) is 0.728. The summed E-state index contributed by atoms with van der Waals surface area (Å²) in [4.78, 5) is 16.5. The van der Waals surface area contributed by atoms with Crippen molar-refractivity contribution in [2.75, 3.05) is 5.32 Å². The number of hydrogen-bond acceptors (Lipinski definition) is 4. The molecule has 24 heavy (non-hydrogen) atoms. The first-order valence-electron chi connectivity index (χ1n) is 7.60. The maximum atomic E-state index is 11.8. The summed E-state index contributed by atoms with van der Waals surface area (Å²) >= 11 is 1.49. The van der Waals surface area contributed by atoms with Gasteiger partial charge in [0, 0.05) is 17.0 Å². The molecule has 0 aliphatic carbocycles. The minimum atomic E-state index is -0.186. The molecule has 0 aliphatic rings. The number of thiazole rings is 1. The van der Waals surface area contributed by atoms with Crippen LogP contribution in [0.1, 0.15) is 18.2 Å². The van der Waals surface area contributed by atoms with Crippen LogP contribution in [0, 0.1) is 13.8 Å². The molecule has 0 fully saturated rings. The number of aryl methyl sites for hydroxylation is 2. The van der Waals surface area contributed by atoms with Crippen molar-refractivity contribution in [2.45, 2.75) is 20.8 Å². The first-order valence-corrected chi connectivity index (χ1v) is 8.48. The Balaban J connectivity index is 1.92.